The number of thioether (sulfide) groups is 1. The second kappa shape index (κ2) is 4.24. The van der Waals surface area contributed by atoms with Crippen LogP contribution in [0.25, 0.3) is 0 Å². The molecule has 0 heterocycles. The van der Waals surface area contributed by atoms with E-state index in [1.165, 1.54) is 11.8 Å². The molecule has 94 valence electrons. The van der Waals surface area contributed by atoms with Crippen molar-refractivity contribution in [3.05, 3.63) is 58.7 Å². The molecule has 2 aromatic carbocycles. The molecule has 0 radical (unpaired) electrons. The van der Waals surface area contributed by atoms with Crippen LogP contribution >= 0.6 is 11.8 Å². The average molecular weight is 269 g/mol. The van der Waals surface area contributed by atoms with Gasteiger partial charge in [0.05, 0.1) is 5.56 Å². The van der Waals surface area contributed by atoms with Crippen molar-refractivity contribution in [2.75, 3.05) is 12.0 Å². The molecule has 0 aromatic heterocycles. The number of rotatable bonds is 1. The van der Waals surface area contributed by atoms with E-state index in [1.54, 1.807) is 30.3 Å². The number of carbonyl (C=O) groups is 2. The fourth-order valence-electron chi connectivity index (χ4n) is 2.33. The Morgan fingerprint density at radius 2 is 1.74 bits per heavy atom. The minimum absolute atomic E-state index is 0.135. The molecule has 0 spiro atoms. The first-order chi connectivity index (χ1) is 9.13. The monoisotopic (exact) mass is 269 g/mol. The predicted octanol–water partition coefficient (Wildman–Crippen LogP) is 2.77. The smallest absolute Gasteiger partial charge is 0.196 e. The largest absolute Gasteiger partial charge is 0.398 e. The summed E-state index contributed by atoms with van der Waals surface area (Å²) in [6, 6.07) is 10.3. The first-order valence-electron chi connectivity index (χ1n) is 5.79. The van der Waals surface area contributed by atoms with Gasteiger partial charge in [0.1, 0.15) is 0 Å². The molecule has 4 heteroatoms. The molecule has 2 N–H and O–H groups in total. The summed E-state index contributed by atoms with van der Waals surface area (Å²) in [4.78, 5) is 25.8. The molecule has 3 rings (SSSR count). The Kier molecular flexibility index (Phi) is 2.68. The second-order valence-corrected chi connectivity index (χ2v) is 5.22. The molecule has 0 fully saturated rings. The summed E-state index contributed by atoms with van der Waals surface area (Å²) in [6.45, 7) is 0. The summed E-state index contributed by atoms with van der Waals surface area (Å²) in [5.41, 5.74) is 7.84. The van der Waals surface area contributed by atoms with Crippen LogP contribution in [0.1, 0.15) is 31.8 Å². The highest BCUT2D eigenvalue weighted by Gasteiger charge is 2.31. The summed E-state index contributed by atoms with van der Waals surface area (Å²) in [7, 11) is 0. The third-order valence-corrected chi connectivity index (χ3v) is 4.01. The number of fused-ring (bicyclic) bond motifs is 2. The van der Waals surface area contributed by atoms with E-state index < -0.39 is 0 Å². The predicted molar refractivity (Wildman–Crippen MR) is 75.9 cm³/mol. The summed E-state index contributed by atoms with van der Waals surface area (Å²) in [6.07, 6.45) is 1.93. The third kappa shape index (κ3) is 1.68. The van der Waals surface area contributed by atoms with Crippen LogP contribution in [0, 0.1) is 0 Å². The molecule has 2 aromatic rings. The number of ketones is 2. The van der Waals surface area contributed by atoms with Gasteiger partial charge in [0.2, 0.25) is 0 Å². The van der Waals surface area contributed by atoms with Gasteiger partial charge in [-0.05, 0) is 30.5 Å². The van der Waals surface area contributed by atoms with Crippen LogP contribution in [0.3, 0.4) is 0 Å². The van der Waals surface area contributed by atoms with Crippen molar-refractivity contribution < 1.29 is 9.59 Å². The number of hydrogen-bond acceptors (Lipinski definition) is 4. The average Bonchev–Trinajstić information content (AvgIpc) is 2.44. The first kappa shape index (κ1) is 12.0. The van der Waals surface area contributed by atoms with Gasteiger partial charge in [-0.3, -0.25) is 9.59 Å². The van der Waals surface area contributed by atoms with Gasteiger partial charge in [0.15, 0.2) is 11.6 Å². The number of nitrogens with two attached hydrogens (primary N) is 1. The lowest BCUT2D eigenvalue weighted by Crippen LogP contribution is -2.22. The molecular weight excluding hydrogens is 258 g/mol. The van der Waals surface area contributed by atoms with Gasteiger partial charge >= 0.3 is 0 Å². The zero-order valence-electron chi connectivity index (χ0n) is 10.3. The number of benzene rings is 2. The van der Waals surface area contributed by atoms with E-state index in [1.807, 2.05) is 12.3 Å². The van der Waals surface area contributed by atoms with Crippen LogP contribution in [0.5, 0.6) is 0 Å². The highest BCUT2D eigenvalue weighted by Crippen LogP contribution is 2.32. The SMILES string of the molecule is CSc1ccc2c(c1)C(=O)c1c(N)cccc1C2=O. The zero-order chi connectivity index (χ0) is 13.6. The van der Waals surface area contributed by atoms with Crippen LogP contribution in [0.15, 0.2) is 41.3 Å². The molecule has 0 atom stereocenters. The van der Waals surface area contributed by atoms with Crippen LogP contribution in [0.4, 0.5) is 5.69 Å². The van der Waals surface area contributed by atoms with Gasteiger partial charge < -0.3 is 5.73 Å². The topological polar surface area (TPSA) is 60.2 Å². The van der Waals surface area contributed by atoms with E-state index in [4.69, 9.17) is 5.73 Å². The van der Waals surface area contributed by atoms with Crippen molar-refractivity contribution in [1.82, 2.24) is 0 Å². The fraction of sp³-hybridized carbons (Fsp3) is 0.0667. The Balaban J connectivity index is 2.30. The van der Waals surface area contributed by atoms with E-state index >= 15 is 0 Å². The lowest BCUT2D eigenvalue weighted by atomic mass is 9.83. The first-order valence-corrected chi connectivity index (χ1v) is 7.02. The third-order valence-electron chi connectivity index (χ3n) is 3.28. The second-order valence-electron chi connectivity index (χ2n) is 4.34. The van der Waals surface area contributed by atoms with Crippen LogP contribution < -0.4 is 5.73 Å². The summed E-state index contributed by atoms with van der Waals surface area (Å²) < 4.78 is 0. The molecule has 1 aliphatic carbocycles. The number of carbonyl (C=O) groups excluding carboxylic acids is 2. The van der Waals surface area contributed by atoms with Crippen molar-refractivity contribution >= 4 is 29.0 Å². The van der Waals surface area contributed by atoms with Gasteiger partial charge in [0, 0.05) is 27.3 Å². The highest BCUT2D eigenvalue weighted by atomic mass is 32.2. The van der Waals surface area contributed by atoms with Gasteiger partial charge in [0.25, 0.3) is 0 Å². The number of hydrogen-bond donors (Lipinski definition) is 1. The minimum atomic E-state index is -0.168. The Morgan fingerprint density at radius 1 is 0.947 bits per heavy atom. The molecular formula is C15H11NO2S. The molecule has 0 amide bonds. The number of nitrogen functional groups attached to an aromatic ring is 1. The standard InChI is InChI=1S/C15H11NO2S/c1-19-8-5-6-9-11(7-8)15(18)13-10(14(9)17)3-2-4-12(13)16/h2-7H,16H2,1H3. The van der Waals surface area contributed by atoms with E-state index in [0.29, 0.717) is 27.9 Å². The minimum Gasteiger partial charge on any atom is -0.398 e. The van der Waals surface area contributed by atoms with Crippen molar-refractivity contribution in [3.8, 4) is 0 Å². The molecule has 0 saturated heterocycles. The molecule has 0 bridgehead atoms. The molecule has 0 aliphatic heterocycles. The van der Waals surface area contributed by atoms with Crippen LogP contribution in [0.2, 0.25) is 0 Å². The van der Waals surface area contributed by atoms with Gasteiger partial charge in [-0.1, -0.05) is 12.1 Å². The highest BCUT2D eigenvalue weighted by molar-refractivity contribution is 7.98. The summed E-state index contributed by atoms with van der Waals surface area (Å²) in [5.74, 6) is -0.303. The molecule has 1 aliphatic rings. The molecule has 0 unspecified atom stereocenters. The van der Waals surface area contributed by atoms with Crippen molar-refractivity contribution in [2.24, 2.45) is 0 Å². The maximum absolute atomic E-state index is 12.5. The normalized spacial score (nSPS) is 13.1. The van der Waals surface area contributed by atoms with Gasteiger partial charge in [-0.25, -0.2) is 0 Å². The summed E-state index contributed by atoms with van der Waals surface area (Å²) >= 11 is 1.54. The Bertz CT molecular complexity index is 722. The van der Waals surface area contributed by atoms with E-state index in [2.05, 4.69) is 0 Å². The quantitative estimate of drug-likeness (QED) is 0.545. The van der Waals surface area contributed by atoms with Gasteiger partial charge in [-0.2, -0.15) is 0 Å². The van der Waals surface area contributed by atoms with E-state index in [-0.39, 0.29) is 11.6 Å². The maximum atomic E-state index is 12.5. The lowest BCUT2D eigenvalue weighted by Gasteiger charge is -2.19. The van der Waals surface area contributed by atoms with Crippen molar-refractivity contribution in [1.29, 1.82) is 0 Å². The zero-order valence-corrected chi connectivity index (χ0v) is 11.1. The van der Waals surface area contributed by atoms with E-state index in [9.17, 15) is 9.59 Å². The van der Waals surface area contributed by atoms with Crippen LogP contribution in [-0.4, -0.2) is 17.8 Å². The van der Waals surface area contributed by atoms with E-state index in [0.717, 1.165) is 4.90 Å². The Hall–Kier alpha value is -2.07. The van der Waals surface area contributed by atoms with Gasteiger partial charge in [-0.15, -0.1) is 11.8 Å². The fourth-order valence-corrected chi connectivity index (χ4v) is 2.77. The maximum Gasteiger partial charge on any atom is 0.196 e. The lowest BCUT2D eigenvalue weighted by molar-refractivity contribution is 0.0979. The Labute approximate surface area is 114 Å². The van der Waals surface area contributed by atoms with Crippen LogP contribution in [-0.2, 0) is 0 Å². The molecule has 3 nitrogen and oxygen atoms in total. The molecule has 0 saturated carbocycles. The molecule has 19 heavy (non-hydrogen) atoms. The number of anilines is 1. The van der Waals surface area contributed by atoms with Crippen molar-refractivity contribution in [3.63, 3.8) is 0 Å². The van der Waals surface area contributed by atoms with Crippen molar-refractivity contribution in [2.45, 2.75) is 4.90 Å². The summed E-state index contributed by atoms with van der Waals surface area (Å²) in [5, 5.41) is 0. The Morgan fingerprint density at radius 3 is 2.47 bits per heavy atom.